The number of carbonyl (C=O) groups is 1. The van der Waals surface area contributed by atoms with Crippen molar-refractivity contribution in [2.45, 2.75) is 50.8 Å². The van der Waals surface area contributed by atoms with Gasteiger partial charge in [0.1, 0.15) is 0 Å². The summed E-state index contributed by atoms with van der Waals surface area (Å²) in [5.41, 5.74) is 1.01. The Kier molecular flexibility index (Phi) is 5.96. The minimum absolute atomic E-state index is 0.0403. The zero-order valence-corrected chi connectivity index (χ0v) is 14.0. The number of rotatable bonds is 6. The van der Waals surface area contributed by atoms with Gasteiger partial charge in [0.25, 0.3) is 0 Å². The lowest BCUT2D eigenvalue weighted by atomic mass is 9.87. The minimum atomic E-state index is -3.63. The lowest BCUT2D eigenvalue weighted by Crippen LogP contribution is -2.19. The molecule has 1 aromatic carbocycles. The summed E-state index contributed by atoms with van der Waals surface area (Å²) in [5, 5.41) is 0. The summed E-state index contributed by atoms with van der Waals surface area (Å²) in [7, 11) is -3.63. The summed E-state index contributed by atoms with van der Waals surface area (Å²) >= 11 is 0. The van der Waals surface area contributed by atoms with Crippen LogP contribution in [0.4, 0.5) is 0 Å². The first-order chi connectivity index (χ1) is 9.66. The highest BCUT2D eigenvalue weighted by atomic mass is 32.2. The number of sulfone groups is 1. The fourth-order valence-electron chi connectivity index (χ4n) is 1.77. The van der Waals surface area contributed by atoms with Crippen molar-refractivity contribution >= 4 is 15.8 Å². The molecule has 0 spiro atoms. The summed E-state index contributed by atoms with van der Waals surface area (Å²) in [6.07, 6.45) is 1.64. The number of carbonyl (C=O) groups excluding carboxylic acids is 1. The second-order valence-electron chi connectivity index (χ2n) is 6.11. The van der Waals surface area contributed by atoms with E-state index in [1.54, 1.807) is 24.3 Å². The number of hydrogen-bond donors (Lipinski definition) is 0. The molecule has 21 heavy (non-hydrogen) atoms. The highest BCUT2D eigenvalue weighted by Crippen LogP contribution is 2.23. The molecule has 0 atom stereocenters. The summed E-state index contributed by atoms with van der Waals surface area (Å²) in [6.45, 7) is 8.42. The average molecular weight is 312 g/mol. The second-order valence-corrected chi connectivity index (χ2v) is 8.10. The zero-order chi connectivity index (χ0) is 16.1. The SMILES string of the molecule is CCCCOC(=O)CS(=O)(=O)c1ccc(C(C)(C)C)cc1. The first-order valence-corrected chi connectivity index (χ1v) is 8.81. The van der Waals surface area contributed by atoms with Crippen LogP contribution in [0, 0.1) is 0 Å². The predicted octanol–water partition coefficient (Wildman–Crippen LogP) is 3.10. The zero-order valence-electron chi connectivity index (χ0n) is 13.2. The Morgan fingerprint density at radius 3 is 2.19 bits per heavy atom. The van der Waals surface area contributed by atoms with Gasteiger partial charge in [0.05, 0.1) is 11.5 Å². The van der Waals surface area contributed by atoms with Gasteiger partial charge in [0.2, 0.25) is 0 Å². The molecule has 0 aliphatic rings. The fourth-order valence-corrected chi connectivity index (χ4v) is 2.88. The van der Waals surface area contributed by atoms with E-state index in [1.165, 1.54) is 0 Å². The van der Waals surface area contributed by atoms with Crippen LogP contribution in [0.15, 0.2) is 29.2 Å². The molecular weight excluding hydrogens is 288 g/mol. The molecule has 0 saturated carbocycles. The van der Waals surface area contributed by atoms with Crippen LogP contribution in [0.1, 0.15) is 46.1 Å². The maximum absolute atomic E-state index is 12.1. The third-order valence-electron chi connectivity index (χ3n) is 3.15. The van der Waals surface area contributed by atoms with Crippen LogP contribution < -0.4 is 0 Å². The van der Waals surface area contributed by atoms with Crippen LogP contribution in [0.5, 0.6) is 0 Å². The number of esters is 1. The van der Waals surface area contributed by atoms with E-state index < -0.39 is 21.6 Å². The van der Waals surface area contributed by atoms with Crippen LogP contribution in [0.25, 0.3) is 0 Å². The van der Waals surface area contributed by atoms with Crippen molar-refractivity contribution in [1.82, 2.24) is 0 Å². The van der Waals surface area contributed by atoms with Crippen molar-refractivity contribution in [3.8, 4) is 0 Å². The third kappa shape index (κ3) is 5.50. The molecule has 0 aliphatic carbocycles. The van der Waals surface area contributed by atoms with Gasteiger partial charge in [-0.3, -0.25) is 4.79 Å². The Morgan fingerprint density at radius 1 is 1.14 bits per heavy atom. The van der Waals surface area contributed by atoms with Crippen molar-refractivity contribution in [2.24, 2.45) is 0 Å². The van der Waals surface area contributed by atoms with E-state index in [9.17, 15) is 13.2 Å². The highest BCUT2D eigenvalue weighted by molar-refractivity contribution is 7.92. The molecule has 0 bridgehead atoms. The van der Waals surface area contributed by atoms with Crippen LogP contribution in [0.2, 0.25) is 0 Å². The molecule has 0 radical (unpaired) electrons. The minimum Gasteiger partial charge on any atom is -0.465 e. The first-order valence-electron chi connectivity index (χ1n) is 7.16. The molecule has 0 aromatic heterocycles. The summed E-state index contributed by atoms with van der Waals surface area (Å²) in [5.74, 6) is -1.30. The molecule has 5 heteroatoms. The number of unbranched alkanes of at least 4 members (excludes halogenated alkanes) is 1. The normalized spacial score (nSPS) is 12.2. The highest BCUT2D eigenvalue weighted by Gasteiger charge is 2.21. The third-order valence-corrected chi connectivity index (χ3v) is 4.75. The van der Waals surface area contributed by atoms with Crippen LogP contribution in [0.3, 0.4) is 0 Å². The molecule has 0 aliphatic heterocycles. The summed E-state index contributed by atoms with van der Waals surface area (Å²) in [4.78, 5) is 11.7. The van der Waals surface area contributed by atoms with Gasteiger partial charge in [-0.2, -0.15) is 0 Å². The van der Waals surface area contributed by atoms with Gasteiger partial charge in [0, 0.05) is 0 Å². The largest absolute Gasteiger partial charge is 0.465 e. The fraction of sp³-hybridized carbons (Fsp3) is 0.562. The lowest BCUT2D eigenvalue weighted by molar-refractivity contribution is -0.140. The smallest absolute Gasteiger partial charge is 0.321 e. The van der Waals surface area contributed by atoms with Gasteiger partial charge in [-0.1, -0.05) is 46.2 Å². The number of benzene rings is 1. The Bertz CT molecular complexity index is 565. The van der Waals surface area contributed by atoms with Gasteiger partial charge in [-0.15, -0.1) is 0 Å². The van der Waals surface area contributed by atoms with Crippen molar-refractivity contribution in [1.29, 1.82) is 0 Å². The maximum atomic E-state index is 12.1. The van der Waals surface area contributed by atoms with Gasteiger partial charge in [0.15, 0.2) is 15.6 Å². The van der Waals surface area contributed by atoms with Gasteiger partial charge >= 0.3 is 5.97 Å². The molecule has 0 amide bonds. The molecule has 0 N–H and O–H groups in total. The molecule has 0 unspecified atom stereocenters. The monoisotopic (exact) mass is 312 g/mol. The van der Waals surface area contributed by atoms with Gasteiger partial charge in [-0.05, 0) is 29.5 Å². The number of ether oxygens (including phenoxy) is 1. The Labute approximate surface area is 127 Å². The first kappa shape index (κ1) is 17.7. The van der Waals surface area contributed by atoms with E-state index in [-0.39, 0.29) is 16.9 Å². The van der Waals surface area contributed by atoms with E-state index in [0.29, 0.717) is 0 Å². The van der Waals surface area contributed by atoms with E-state index in [0.717, 1.165) is 18.4 Å². The van der Waals surface area contributed by atoms with Crippen molar-refractivity contribution < 1.29 is 17.9 Å². The molecule has 118 valence electrons. The Hall–Kier alpha value is -1.36. The molecule has 1 rings (SSSR count). The molecule has 1 aromatic rings. The average Bonchev–Trinajstić information content (AvgIpc) is 2.37. The maximum Gasteiger partial charge on any atom is 0.321 e. The van der Waals surface area contributed by atoms with Crippen molar-refractivity contribution in [3.63, 3.8) is 0 Å². The molecule has 0 saturated heterocycles. The van der Waals surface area contributed by atoms with Crippen LogP contribution in [-0.2, 0) is 24.8 Å². The Morgan fingerprint density at radius 2 is 1.71 bits per heavy atom. The van der Waals surface area contributed by atoms with Gasteiger partial charge in [-0.25, -0.2) is 8.42 Å². The second kappa shape index (κ2) is 7.07. The van der Waals surface area contributed by atoms with E-state index >= 15 is 0 Å². The predicted molar refractivity (Wildman–Crippen MR) is 83.1 cm³/mol. The molecule has 0 heterocycles. The Balaban J connectivity index is 2.77. The quantitative estimate of drug-likeness (QED) is 0.598. The standard InChI is InChI=1S/C16H24O4S/c1-5-6-11-20-15(17)12-21(18,19)14-9-7-13(8-10-14)16(2,3)4/h7-10H,5-6,11-12H2,1-4H3. The molecule has 0 fully saturated rings. The van der Waals surface area contributed by atoms with Crippen molar-refractivity contribution in [3.05, 3.63) is 29.8 Å². The van der Waals surface area contributed by atoms with E-state index in [2.05, 4.69) is 20.8 Å². The molecule has 4 nitrogen and oxygen atoms in total. The molecular formula is C16H24O4S. The van der Waals surface area contributed by atoms with Gasteiger partial charge < -0.3 is 4.74 Å². The van der Waals surface area contributed by atoms with Crippen molar-refractivity contribution in [2.75, 3.05) is 12.4 Å². The summed E-state index contributed by atoms with van der Waals surface area (Å²) in [6, 6.07) is 6.68. The van der Waals surface area contributed by atoms with Crippen LogP contribution >= 0.6 is 0 Å². The van der Waals surface area contributed by atoms with Crippen LogP contribution in [-0.4, -0.2) is 26.7 Å². The number of hydrogen-bond acceptors (Lipinski definition) is 4. The topological polar surface area (TPSA) is 60.4 Å². The van der Waals surface area contributed by atoms with E-state index in [4.69, 9.17) is 4.74 Å². The van der Waals surface area contributed by atoms with E-state index in [1.807, 2.05) is 6.92 Å². The summed E-state index contributed by atoms with van der Waals surface area (Å²) < 4.78 is 29.2. The lowest BCUT2D eigenvalue weighted by Gasteiger charge is -2.19.